The summed E-state index contributed by atoms with van der Waals surface area (Å²) in [7, 11) is 0. The molecule has 0 aliphatic heterocycles. The minimum Gasteiger partial charge on any atom is -0.392 e. The Labute approximate surface area is 85.5 Å². The van der Waals surface area contributed by atoms with Crippen molar-refractivity contribution in [2.75, 3.05) is 0 Å². The van der Waals surface area contributed by atoms with Gasteiger partial charge in [0.25, 0.3) is 0 Å². The fourth-order valence-corrected chi connectivity index (χ4v) is 1.43. The van der Waals surface area contributed by atoms with Crippen LogP contribution < -0.4 is 0 Å². The van der Waals surface area contributed by atoms with Gasteiger partial charge < -0.3 is 5.11 Å². The SMILES string of the molecule is OCc1cc(C(F)(F)F)cc(Br)c1F. The highest BCUT2D eigenvalue weighted by molar-refractivity contribution is 9.10. The molecular formula is C8H5BrF4O. The summed E-state index contributed by atoms with van der Waals surface area (Å²) in [5, 5.41) is 8.60. The molecular weight excluding hydrogens is 268 g/mol. The fourth-order valence-electron chi connectivity index (χ4n) is 0.925. The summed E-state index contributed by atoms with van der Waals surface area (Å²) in [4.78, 5) is 0. The van der Waals surface area contributed by atoms with E-state index in [4.69, 9.17) is 5.11 Å². The molecule has 0 amide bonds. The van der Waals surface area contributed by atoms with Crippen LogP contribution in [0, 0.1) is 5.82 Å². The highest BCUT2D eigenvalue weighted by Gasteiger charge is 2.31. The van der Waals surface area contributed by atoms with E-state index in [-0.39, 0.29) is 10.0 Å². The van der Waals surface area contributed by atoms with Crippen molar-refractivity contribution in [3.8, 4) is 0 Å². The molecule has 1 nitrogen and oxygen atoms in total. The number of aliphatic hydroxyl groups is 1. The van der Waals surface area contributed by atoms with Gasteiger partial charge >= 0.3 is 6.18 Å². The van der Waals surface area contributed by atoms with E-state index in [0.29, 0.717) is 12.1 Å². The molecule has 0 aliphatic carbocycles. The van der Waals surface area contributed by atoms with Crippen molar-refractivity contribution in [3.63, 3.8) is 0 Å². The molecule has 0 bridgehead atoms. The second kappa shape index (κ2) is 3.86. The normalized spacial score (nSPS) is 11.9. The highest BCUT2D eigenvalue weighted by atomic mass is 79.9. The molecule has 0 aromatic heterocycles. The van der Waals surface area contributed by atoms with Crippen LogP contribution in [0.25, 0.3) is 0 Å². The lowest BCUT2D eigenvalue weighted by atomic mass is 10.1. The number of hydrogen-bond donors (Lipinski definition) is 1. The van der Waals surface area contributed by atoms with E-state index in [1.165, 1.54) is 0 Å². The number of hydrogen-bond acceptors (Lipinski definition) is 1. The first-order valence-electron chi connectivity index (χ1n) is 3.52. The van der Waals surface area contributed by atoms with Crippen molar-refractivity contribution >= 4 is 15.9 Å². The van der Waals surface area contributed by atoms with Crippen molar-refractivity contribution < 1.29 is 22.7 Å². The van der Waals surface area contributed by atoms with E-state index in [9.17, 15) is 17.6 Å². The second-order valence-corrected chi connectivity index (χ2v) is 3.44. The van der Waals surface area contributed by atoms with Crippen molar-refractivity contribution in [1.29, 1.82) is 0 Å². The Morgan fingerprint density at radius 2 is 1.86 bits per heavy atom. The Bertz CT molecular complexity index is 348. The topological polar surface area (TPSA) is 20.2 Å². The lowest BCUT2D eigenvalue weighted by Gasteiger charge is -2.09. The first-order valence-corrected chi connectivity index (χ1v) is 4.31. The van der Waals surface area contributed by atoms with Gasteiger partial charge in [-0.15, -0.1) is 0 Å². The Kier molecular flexibility index (Phi) is 3.16. The van der Waals surface area contributed by atoms with E-state index < -0.39 is 24.2 Å². The number of benzene rings is 1. The van der Waals surface area contributed by atoms with Crippen LogP contribution in [-0.4, -0.2) is 5.11 Å². The van der Waals surface area contributed by atoms with Gasteiger partial charge in [0.1, 0.15) is 5.82 Å². The van der Waals surface area contributed by atoms with Crippen LogP contribution in [0.5, 0.6) is 0 Å². The number of alkyl halides is 3. The van der Waals surface area contributed by atoms with E-state index in [2.05, 4.69) is 15.9 Å². The maximum absolute atomic E-state index is 13.0. The predicted molar refractivity (Wildman–Crippen MR) is 45.0 cm³/mol. The summed E-state index contributed by atoms with van der Waals surface area (Å²) < 4.78 is 49.3. The zero-order chi connectivity index (χ0) is 10.9. The highest BCUT2D eigenvalue weighted by Crippen LogP contribution is 2.33. The van der Waals surface area contributed by atoms with Crippen molar-refractivity contribution in [2.24, 2.45) is 0 Å². The molecule has 0 fully saturated rings. The van der Waals surface area contributed by atoms with Crippen molar-refractivity contribution in [1.82, 2.24) is 0 Å². The summed E-state index contributed by atoms with van der Waals surface area (Å²) in [6.07, 6.45) is -4.54. The molecule has 1 N–H and O–H groups in total. The number of aliphatic hydroxyl groups excluding tert-OH is 1. The molecule has 6 heteroatoms. The maximum atomic E-state index is 13.0. The predicted octanol–water partition coefficient (Wildman–Crippen LogP) is 3.10. The molecule has 0 saturated carbocycles. The van der Waals surface area contributed by atoms with Crippen LogP contribution in [0.4, 0.5) is 17.6 Å². The monoisotopic (exact) mass is 272 g/mol. The third-order valence-corrected chi connectivity index (χ3v) is 2.18. The smallest absolute Gasteiger partial charge is 0.392 e. The van der Waals surface area contributed by atoms with Crippen LogP contribution in [-0.2, 0) is 12.8 Å². The van der Waals surface area contributed by atoms with E-state index in [0.717, 1.165) is 0 Å². The molecule has 78 valence electrons. The summed E-state index contributed by atoms with van der Waals surface area (Å²) in [5.74, 6) is -0.875. The summed E-state index contributed by atoms with van der Waals surface area (Å²) in [6.45, 7) is -0.769. The first-order chi connectivity index (χ1) is 6.36. The molecule has 0 spiro atoms. The van der Waals surface area contributed by atoms with Gasteiger partial charge in [-0.05, 0) is 28.1 Å². The van der Waals surface area contributed by atoms with Gasteiger partial charge in [-0.2, -0.15) is 13.2 Å². The van der Waals surface area contributed by atoms with Gasteiger partial charge in [0.2, 0.25) is 0 Å². The molecule has 0 heterocycles. The Morgan fingerprint density at radius 1 is 1.29 bits per heavy atom. The molecule has 0 radical (unpaired) electrons. The van der Waals surface area contributed by atoms with Gasteiger partial charge in [-0.1, -0.05) is 0 Å². The van der Waals surface area contributed by atoms with Crippen LogP contribution in [0.3, 0.4) is 0 Å². The Morgan fingerprint density at radius 3 is 2.29 bits per heavy atom. The molecule has 1 aromatic rings. The van der Waals surface area contributed by atoms with Crippen LogP contribution >= 0.6 is 15.9 Å². The molecule has 0 aliphatic rings. The zero-order valence-electron chi connectivity index (χ0n) is 6.70. The van der Waals surface area contributed by atoms with Crippen LogP contribution in [0.15, 0.2) is 16.6 Å². The van der Waals surface area contributed by atoms with E-state index >= 15 is 0 Å². The fraction of sp³-hybridized carbons (Fsp3) is 0.250. The largest absolute Gasteiger partial charge is 0.416 e. The molecule has 0 saturated heterocycles. The molecule has 1 aromatic carbocycles. The second-order valence-electron chi connectivity index (χ2n) is 2.59. The van der Waals surface area contributed by atoms with E-state index in [1.54, 1.807) is 0 Å². The molecule has 14 heavy (non-hydrogen) atoms. The minimum absolute atomic E-state index is 0.309. The van der Waals surface area contributed by atoms with Crippen molar-refractivity contribution in [3.05, 3.63) is 33.5 Å². The lowest BCUT2D eigenvalue weighted by Crippen LogP contribution is -2.07. The number of rotatable bonds is 1. The van der Waals surface area contributed by atoms with Gasteiger partial charge in [0.15, 0.2) is 0 Å². The van der Waals surface area contributed by atoms with Crippen LogP contribution in [0.2, 0.25) is 0 Å². The quantitative estimate of drug-likeness (QED) is 0.779. The zero-order valence-corrected chi connectivity index (χ0v) is 8.28. The third kappa shape index (κ3) is 2.24. The third-order valence-electron chi connectivity index (χ3n) is 1.60. The van der Waals surface area contributed by atoms with E-state index in [1.807, 2.05) is 0 Å². The van der Waals surface area contributed by atoms with Crippen LogP contribution in [0.1, 0.15) is 11.1 Å². The first kappa shape index (κ1) is 11.5. The maximum Gasteiger partial charge on any atom is 0.416 e. The summed E-state index contributed by atoms with van der Waals surface area (Å²) in [6, 6.07) is 1.22. The average molecular weight is 273 g/mol. The number of halogens is 5. The van der Waals surface area contributed by atoms with Gasteiger partial charge in [0.05, 0.1) is 16.6 Å². The van der Waals surface area contributed by atoms with Crippen molar-refractivity contribution in [2.45, 2.75) is 12.8 Å². The van der Waals surface area contributed by atoms with Gasteiger partial charge in [-0.3, -0.25) is 0 Å². The Balaban J connectivity index is 3.30. The molecule has 0 unspecified atom stereocenters. The summed E-state index contributed by atoms with van der Waals surface area (Å²) >= 11 is 2.64. The summed E-state index contributed by atoms with van der Waals surface area (Å²) in [5.41, 5.74) is -1.37. The Hall–Kier alpha value is -0.620. The molecule has 0 atom stereocenters. The lowest BCUT2D eigenvalue weighted by molar-refractivity contribution is -0.137. The van der Waals surface area contributed by atoms with Gasteiger partial charge in [0, 0.05) is 5.56 Å². The molecule has 1 rings (SSSR count). The minimum atomic E-state index is -4.54. The average Bonchev–Trinajstić information content (AvgIpc) is 2.07. The standard InChI is InChI=1S/C8H5BrF4O/c9-6-2-5(8(11,12)13)1-4(3-14)7(6)10/h1-2,14H,3H2. The van der Waals surface area contributed by atoms with Gasteiger partial charge in [-0.25, -0.2) is 4.39 Å².